The number of unbranched alkanes of at least 4 members (excludes halogenated alkanes) is 1. The summed E-state index contributed by atoms with van der Waals surface area (Å²) in [4.78, 5) is 11.3. The van der Waals surface area contributed by atoms with E-state index in [1.807, 2.05) is 6.92 Å². The quantitative estimate of drug-likeness (QED) is 0.452. The monoisotopic (exact) mass is 452 g/mol. The predicted octanol–water partition coefficient (Wildman–Crippen LogP) is 2.23. The van der Waals surface area contributed by atoms with Gasteiger partial charge in [-0.2, -0.15) is 0 Å². The van der Waals surface area contributed by atoms with Crippen molar-refractivity contribution in [3.63, 3.8) is 0 Å². The van der Waals surface area contributed by atoms with E-state index in [0.29, 0.717) is 24.3 Å². The second-order valence-electron chi connectivity index (χ2n) is 7.01. The molecule has 0 fully saturated rings. The van der Waals surface area contributed by atoms with Crippen LogP contribution in [0.3, 0.4) is 0 Å². The summed E-state index contributed by atoms with van der Waals surface area (Å²) in [7, 11) is -8.02. The molecule has 1 aliphatic heterocycles. The Kier molecular flexibility index (Phi) is 6.34. The molecule has 0 spiro atoms. The molecule has 0 saturated carbocycles. The number of fused-ring (bicyclic) bond motifs is 1. The summed E-state index contributed by atoms with van der Waals surface area (Å²) in [6.45, 7) is 2.62. The highest BCUT2D eigenvalue weighted by molar-refractivity contribution is 7.92. The number of nitrogens with one attached hydrogen (secondary N) is 3. The smallest absolute Gasteiger partial charge is 0.261 e. The topological polar surface area (TPSA) is 147 Å². The molecule has 30 heavy (non-hydrogen) atoms. The molecule has 1 heterocycles. The summed E-state index contributed by atoms with van der Waals surface area (Å²) >= 11 is 0. The van der Waals surface area contributed by atoms with Crippen LogP contribution in [0.5, 0.6) is 0 Å². The number of anilines is 3. The van der Waals surface area contributed by atoms with E-state index in [0.717, 1.165) is 18.4 Å². The largest absolute Gasteiger partial charge is 0.383 e. The minimum absolute atomic E-state index is 0.0120. The number of rotatable bonds is 8. The third-order valence-electron chi connectivity index (χ3n) is 4.69. The van der Waals surface area contributed by atoms with Gasteiger partial charge in [0.1, 0.15) is 0 Å². The number of nitrogens with two attached hydrogens (primary N) is 1. The van der Waals surface area contributed by atoms with Gasteiger partial charge in [0.2, 0.25) is 15.9 Å². The van der Waals surface area contributed by atoms with Gasteiger partial charge in [0.05, 0.1) is 21.2 Å². The van der Waals surface area contributed by atoms with Gasteiger partial charge in [-0.25, -0.2) is 22.0 Å². The predicted molar refractivity (Wildman–Crippen MR) is 115 cm³/mol. The molecule has 0 unspecified atom stereocenters. The van der Waals surface area contributed by atoms with Crippen molar-refractivity contribution in [2.45, 2.75) is 42.4 Å². The van der Waals surface area contributed by atoms with Crippen LogP contribution in [0.4, 0.5) is 17.1 Å². The van der Waals surface area contributed by atoms with E-state index in [1.165, 1.54) is 30.3 Å². The van der Waals surface area contributed by atoms with Gasteiger partial charge in [-0.3, -0.25) is 9.52 Å². The van der Waals surface area contributed by atoms with Gasteiger partial charge in [0.15, 0.2) is 0 Å². The maximum atomic E-state index is 13.0. The van der Waals surface area contributed by atoms with Gasteiger partial charge in [0.25, 0.3) is 10.0 Å². The minimum Gasteiger partial charge on any atom is -0.383 e. The number of hydrogen-bond acceptors (Lipinski definition) is 6. The normalized spacial score (nSPS) is 14.0. The van der Waals surface area contributed by atoms with Crippen LogP contribution in [0.1, 0.15) is 31.7 Å². The Morgan fingerprint density at radius 2 is 1.73 bits per heavy atom. The summed E-state index contributed by atoms with van der Waals surface area (Å²) in [6, 6.07) is 8.44. The fourth-order valence-electron chi connectivity index (χ4n) is 3.07. The first-order chi connectivity index (χ1) is 14.1. The van der Waals surface area contributed by atoms with Crippen molar-refractivity contribution in [1.29, 1.82) is 0 Å². The number of sulfonamides is 2. The van der Waals surface area contributed by atoms with Gasteiger partial charge in [0, 0.05) is 18.7 Å². The Morgan fingerprint density at radius 3 is 2.43 bits per heavy atom. The number of hydrogen-bond donors (Lipinski definition) is 4. The van der Waals surface area contributed by atoms with E-state index in [9.17, 15) is 21.6 Å². The zero-order valence-electron chi connectivity index (χ0n) is 16.4. The van der Waals surface area contributed by atoms with Crippen LogP contribution in [-0.4, -0.2) is 29.3 Å². The van der Waals surface area contributed by atoms with Gasteiger partial charge < -0.3 is 10.6 Å². The van der Waals surface area contributed by atoms with Crippen LogP contribution in [0.15, 0.2) is 46.2 Å². The Bertz CT molecular complexity index is 1180. The zero-order chi connectivity index (χ0) is 21.9. The number of carbonyl (C=O) groups is 1. The van der Waals surface area contributed by atoms with Gasteiger partial charge in [-0.05, 0) is 54.8 Å². The standard InChI is InChI=1S/C19H24N4O5S2/c1-2-3-10-21-17-8-5-14(29(20,25)26)12-18(17)23-30(27,28)15-6-7-16-13(11-15)4-9-19(24)22-16/h5-8,11-12,21,23H,2-4,9-10H2,1H3,(H,22,24)(H2,20,25,26). The highest BCUT2D eigenvalue weighted by Gasteiger charge is 2.22. The number of aryl methyl sites for hydroxylation is 1. The third kappa shape index (κ3) is 5.10. The summed E-state index contributed by atoms with van der Waals surface area (Å²) in [5.74, 6) is -0.112. The van der Waals surface area contributed by atoms with Crippen LogP contribution >= 0.6 is 0 Å². The molecule has 0 aliphatic carbocycles. The van der Waals surface area contributed by atoms with Crippen molar-refractivity contribution in [3.8, 4) is 0 Å². The SMILES string of the molecule is CCCCNc1ccc(S(N)(=O)=O)cc1NS(=O)(=O)c1ccc2c(c1)CCC(=O)N2. The molecule has 1 aliphatic rings. The molecule has 0 bridgehead atoms. The highest BCUT2D eigenvalue weighted by atomic mass is 32.2. The van der Waals surface area contributed by atoms with Crippen LogP contribution < -0.4 is 20.5 Å². The lowest BCUT2D eigenvalue weighted by atomic mass is 10.0. The fraction of sp³-hybridized carbons (Fsp3) is 0.316. The number of benzene rings is 2. The lowest BCUT2D eigenvalue weighted by molar-refractivity contribution is -0.116. The third-order valence-corrected chi connectivity index (χ3v) is 6.97. The molecule has 0 radical (unpaired) electrons. The first kappa shape index (κ1) is 22.1. The molecule has 2 aromatic carbocycles. The lowest BCUT2D eigenvalue weighted by Gasteiger charge is -2.19. The molecule has 3 rings (SSSR count). The maximum Gasteiger partial charge on any atom is 0.261 e. The van der Waals surface area contributed by atoms with E-state index < -0.39 is 20.0 Å². The summed E-state index contributed by atoms with van der Waals surface area (Å²) < 4.78 is 51.9. The fourth-order valence-corrected chi connectivity index (χ4v) is 4.73. The van der Waals surface area contributed by atoms with Crippen LogP contribution in [0.2, 0.25) is 0 Å². The van der Waals surface area contributed by atoms with Crippen molar-refractivity contribution < 1.29 is 21.6 Å². The molecule has 0 atom stereocenters. The first-order valence-electron chi connectivity index (χ1n) is 9.46. The Balaban J connectivity index is 1.95. The molecule has 0 saturated heterocycles. The van der Waals surface area contributed by atoms with E-state index >= 15 is 0 Å². The molecule has 0 aromatic heterocycles. The summed E-state index contributed by atoms with van der Waals surface area (Å²) in [5.41, 5.74) is 1.84. The summed E-state index contributed by atoms with van der Waals surface area (Å²) in [5, 5.41) is 11.0. The van der Waals surface area contributed by atoms with E-state index in [-0.39, 0.29) is 27.8 Å². The van der Waals surface area contributed by atoms with Crippen molar-refractivity contribution in [3.05, 3.63) is 42.0 Å². The Morgan fingerprint density at radius 1 is 1.00 bits per heavy atom. The average molecular weight is 453 g/mol. The Hall–Kier alpha value is -2.63. The minimum atomic E-state index is -4.01. The second-order valence-corrected chi connectivity index (χ2v) is 10.2. The Labute approximate surface area is 176 Å². The van der Waals surface area contributed by atoms with Crippen molar-refractivity contribution >= 4 is 43.0 Å². The van der Waals surface area contributed by atoms with Gasteiger partial charge in [-0.1, -0.05) is 13.3 Å². The molecule has 9 nitrogen and oxygen atoms in total. The zero-order valence-corrected chi connectivity index (χ0v) is 18.1. The summed E-state index contributed by atoms with van der Waals surface area (Å²) in [6.07, 6.45) is 2.52. The average Bonchev–Trinajstić information content (AvgIpc) is 2.67. The highest BCUT2D eigenvalue weighted by Crippen LogP contribution is 2.30. The number of carbonyl (C=O) groups excluding carboxylic acids is 1. The van der Waals surface area contributed by atoms with E-state index in [1.54, 1.807) is 6.07 Å². The van der Waals surface area contributed by atoms with Crippen molar-refractivity contribution in [2.24, 2.45) is 5.14 Å². The molecular weight excluding hydrogens is 428 g/mol. The molecule has 162 valence electrons. The van der Waals surface area contributed by atoms with Gasteiger partial charge >= 0.3 is 0 Å². The molecular formula is C19H24N4O5S2. The lowest BCUT2D eigenvalue weighted by Crippen LogP contribution is -2.20. The van der Waals surface area contributed by atoms with E-state index in [2.05, 4.69) is 15.4 Å². The van der Waals surface area contributed by atoms with Gasteiger partial charge in [-0.15, -0.1) is 0 Å². The molecule has 11 heteroatoms. The first-order valence-corrected chi connectivity index (χ1v) is 12.5. The maximum absolute atomic E-state index is 13.0. The molecule has 2 aromatic rings. The molecule has 5 N–H and O–H groups in total. The van der Waals surface area contributed by atoms with Crippen LogP contribution in [0.25, 0.3) is 0 Å². The van der Waals surface area contributed by atoms with Crippen molar-refractivity contribution in [2.75, 3.05) is 21.9 Å². The van der Waals surface area contributed by atoms with Crippen molar-refractivity contribution in [1.82, 2.24) is 0 Å². The number of primary sulfonamides is 1. The van der Waals surface area contributed by atoms with E-state index in [4.69, 9.17) is 5.14 Å². The number of amides is 1. The van der Waals surface area contributed by atoms with Crippen LogP contribution in [0, 0.1) is 0 Å². The van der Waals surface area contributed by atoms with Crippen LogP contribution in [-0.2, 0) is 31.3 Å². The molecule has 1 amide bonds. The second kappa shape index (κ2) is 8.62.